The summed E-state index contributed by atoms with van der Waals surface area (Å²) in [5, 5.41) is 2.77. The van der Waals surface area contributed by atoms with E-state index < -0.39 is 0 Å². The molecule has 0 saturated carbocycles. The molecule has 1 fully saturated rings. The molecule has 1 saturated heterocycles. The summed E-state index contributed by atoms with van der Waals surface area (Å²) in [7, 11) is 0. The van der Waals surface area contributed by atoms with Crippen LogP contribution in [0.2, 0.25) is 0 Å². The van der Waals surface area contributed by atoms with E-state index in [9.17, 15) is 9.59 Å². The number of amides is 2. The maximum atomic E-state index is 12.2. The Morgan fingerprint density at radius 1 is 1.29 bits per heavy atom. The number of piperazine rings is 1. The second-order valence-electron chi connectivity index (χ2n) is 5.19. The van der Waals surface area contributed by atoms with Gasteiger partial charge in [0.1, 0.15) is 6.04 Å². The predicted octanol–water partition coefficient (Wildman–Crippen LogP) is 1.41. The van der Waals surface area contributed by atoms with Crippen molar-refractivity contribution >= 4 is 11.8 Å². The summed E-state index contributed by atoms with van der Waals surface area (Å²) >= 11 is 0. The fourth-order valence-electron chi connectivity index (χ4n) is 2.19. The molecule has 1 atom stereocenters. The highest BCUT2D eigenvalue weighted by Gasteiger charge is 2.34. The number of carbonyl (C=O) groups is 2. The van der Waals surface area contributed by atoms with Crippen LogP contribution >= 0.6 is 0 Å². The van der Waals surface area contributed by atoms with Crippen molar-refractivity contribution in [1.29, 1.82) is 0 Å². The summed E-state index contributed by atoms with van der Waals surface area (Å²) in [6.45, 7) is 9.11. The van der Waals surface area contributed by atoms with E-state index in [1.807, 2.05) is 13.8 Å². The van der Waals surface area contributed by atoms with Crippen LogP contribution in [0.3, 0.4) is 0 Å². The van der Waals surface area contributed by atoms with E-state index in [1.54, 1.807) is 4.90 Å². The van der Waals surface area contributed by atoms with Gasteiger partial charge in [-0.1, -0.05) is 40.5 Å². The molecule has 1 aliphatic heterocycles. The van der Waals surface area contributed by atoms with E-state index in [0.29, 0.717) is 12.5 Å². The molecule has 1 heterocycles. The third-order valence-electron chi connectivity index (χ3n) is 3.53. The number of hydrogen-bond acceptors (Lipinski definition) is 2. The molecule has 0 radical (unpaired) electrons. The van der Waals surface area contributed by atoms with Gasteiger partial charge in [-0.05, 0) is 11.8 Å². The van der Waals surface area contributed by atoms with Crippen LogP contribution in [0.25, 0.3) is 0 Å². The predicted molar refractivity (Wildman–Crippen MR) is 67.4 cm³/mol. The minimum absolute atomic E-state index is 0.0331. The Morgan fingerprint density at radius 3 is 2.35 bits per heavy atom. The first-order valence-electron chi connectivity index (χ1n) is 6.57. The first kappa shape index (κ1) is 14.0. The van der Waals surface area contributed by atoms with E-state index in [2.05, 4.69) is 19.2 Å². The molecule has 2 amide bonds. The van der Waals surface area contributed by atoms with Crippen molar-refractivity contribution in [2.24, 2.45) is 11.8 Å². The average Bonchev–Trinajstić information content (AvgIpc) is 2.29. The first-order chi connectivity index (χ1) is 7.99. The van der Waals surface area contributed by atoms with Crippen LogP contribution in [0.1, 0.15) is 40.5 Å². The summed E-state index contributed by atoms with van der Waals surface area (Å²) in [6.07, 6.45) is 2.10. The lowest BCUT2D eigenvalue weighted by molar-refractivity contribution is -0.146. The number of carbonyl (C=O) groups excluding carboxylic acids is 2. The minimum Gasteiger partial charge on any atom is -0.343 e. The van der Waals surface area contributed by atoms with E-state index in [1.165, 1.54) is 0 Å². The Balaban J connectivity index is 2.70. The van der Waals surface area contributed by atoms with Gasteiger partial charge >= 0.3 is 0 Å². The Labute approximate surface area is 104 Å². The fourth-order valence-corrected chi connectivity index (χ4v) is 2.19. The van der Waals surface area contributed by atoms with Gasteiger partial charge in [-0.25, -0.2) is 0 Å². The molecule has 0 aromatic heterocycles. The zero-order chi connectivity index (χ0) is 13.0. The summed E-state index contributed by atoms with van der Waals surface area (Å²) in [5.41, 5.74) is 0. The lowest BCUT2D eigenvalue weighted by Crippen LogP contribution is -2.60. The van der Waals surface area contributed by atoms with Crippen molar-refractivity contribution in [3.8, 4) is 0 Å². The Kier molecular flexibility index (Phi) is 4.97. The molecule has 0 aromatic carbocycles. The molecule has 4 heteroatoms. The normalized spacial score (nSPS) is 21.3. The lowest BCUT2D eigenvalue weighted by atomic mass is 9.98. The summed E-state index contributed by atoms with van der Waals surface area (Å²) in [4.78, 5) is 25.5. The molecule has 1 aliphatic rings. The van der Waals surface area contributed by atoms with Gasteiger partial charge in [0.25, 0.3) is 0 Å². The monoisotopic (exact) mass is 240 g/mol. The lowest BCUT2D eigenvalue weighted by Gasteiger charge is -2.36. The van der Waals surface area contributed by atoms with Crippen LogP contribution in [-0.2, 0) is 9.59 Å². The van der Waals surface area contributed by atoms with Gasteiger partial charge in [-0.3, -0.25) is 9.59 Å². The summed E-state index contributed by atoms with van der Waals surface area (Å²) in [6, 6.07) is -0.342. The van der Waals surface area contributed by atoms with Crippen molar-refractivity contribution in [2.75, 3.05) is 13.1 Å². The zero-order valence-corrected chi connectivity index (χ0v) is 11.3. The maximum Gasteiger partial charge on any atom is 0.245 e. The third-order valence-corrected chi connectivity index (χ3v) is 3.53. The second-order valence-corrected chi connectivity index (χ2v) is 5.19. The van der Waals surface area contributed by atoms with E-state index >= 15 is 0 Å². The van der Waals surface area contributed by atoms with Crippen LogP contribution in [0.15, 0.2) is 0 Å². The van der Waals surface area contributed by atoms with Crippen molar-refractivity contribution in [3.05, 3.63) is 0 Å². The molecule has 1 N–H and O–H groups in total. The maximum absolute atomic E-state index is 12.2. The number of nitrogens with one attached hydrogen (secondary N) is 1. The Bertz CT molecular complexity index is 285. The van der Waals surface area contributed by atoms with Crippen molar-refractivity contribution in [3.63, 3.8) is 0 Å². The van der Waals surface area contributed by atoms with Crippen molar-refractivity contribution < 1.29 is 9.59 Å². The smallest absolute Gasteiger partial charge is 0.245 e. The van der Waals surface area contributed by atoms with Gasteiger partial charge in [0.05, 0.1) is 6.54 Å². The van der Waals surface area contributed by atoms with Crippen LogP contribution in [0, 0.1) is 11.8 Å². The summed E-state index contributed by atoms with van der Waals surface area (Å²) in [5.74, 6) is 0.689. The molecule has 4 nitrogen and oxygen atoms in total. The molecule has 1 unspecified atom stereocenters. The Hall–Kier alpha value is -1.06. The Morgan fingerprint density at radius 2 is 1.88 bits per heavy atom. The quantitative estimate of drug-likeness (QED) is 0.790. The number of rotatable bonds is 5. The molecule has 0 aromatic rings. The molecule has 17 heavy (non-hydrogen) atoms. The van der Waals surface area contributed by atoms with Crippen LogP contribution in [-0.4, -0.2) is 35.8 Å². The van der Waals surface area contributed by atoms with E-state index in [4.69, 9.17) is 0 Å². The van der Waals surface area contributed by atoms with E-state index in [-0.39, 0.29) is 30.3 Å². The minimum atomic E-state index is -0.342. The molecule has 1 rings (SSSR count). The first-order valence-corrected chi connectivity index (χ1v) is 6.57. The van der Waals surface area contributed by atoms with Crippen LogP contribution < -0.4 is 5.32 Å². The van der Waals surface area contributed by atoms with Gasteiger partial charge in [-0.2, -0.15) is 0 Å². The zero-order valence-electron chi connectivity index (χ0n) is 11.3. The molecule has 0 bridgehead atoms. The third kappa shape index (κ3) is 3.45. The molecular weight excluding hydrogens is 216 g/mol. The molecule has 0 aliphatic carbocycles. The highest BCUT2D eigenvalue weighted by atomic mass is 16.2. The standard InChI is InChI=1S/C13H24N2O2/c1-5-10(6-2)7-15-8-11(16)14-12(9(3)4)13(15)17/h9-10,12H,5-8H2,1-4H3,(H,14,16). The molecule has 98 valence electrons. The molecular formula is C13H24N2O2. The topological polar surface area (TPSA) is 49.4 Å². The van der Waals surface area contributed by atoms with Gasteiger partial charge in [0.2, 0.25) is 11.8 Å². The van der Waals surface area contributed by atoms with E-state index in [0.717, 1.165) is 12.8 Å². The number of nitrogens with zero attached hydrogens (tertiary/aromatic N) is 1. The van der Waals surface area contributed by atoms with Crippen LogP contribution in [0.4, 0.5) is 0 Å². The SMILES string of the molecule is CCC(CC)CN1CC(=O)NC(C(C)C)C1=O. The van der Waals surface area contributed by atoms with Gasteiger partial charge in [-0.15, -0.1) is 0 Å². The van der Waals surface area contributed by atoms with Gasteiger partial charge in [0.15, 0.2) is 0 Å². The largest absolute Gasteiger partial charge is 0.343 e. The van der Waals surface area contributed by atoms with Gasteiger partial charge < -0.3 is 10.2 Å². The second kappa shape index (κ2) is 6.03. The van der Waals surface area contributed by atoms with Crippen molar-refractivity contribution in [1.82, 2.24) is 10.2 Å². The van der Waals surface area contributed by atoms with Crippen molar-refractivity contribution in [2.45, 2.75) is 46.6 Å². The molecule has 0 spiro atoms. The fraction of sp³-hybridized carbons (Fsp3) is 0.846. The summed E-state index contributed by atoms with van der Waals surface area (Å²) < 4.78 is 0. The number of hydrogen-bond donors (Lipinski definition) is 1. The highest BCUT2D eigenvalue weighted by Crippen LogP contribution is 2.15. The highest BCUT2D eigenvalue weighted by molar-refractivity contribution is 5.94. The average molecular weight is 240 g/mol. The van der Waals surface area contributed by atoms with Gasteiger partial charge in [0, 0.05) is 6.54 Å². The van der Waals surface area contributed by atoms with Crippen LogP contribution in [0.5, 0.6) is 0 Å².